The highest BCUT2D eigenvalue weighted by Crippen LogP contribution is 2.40. The maximum Gasteiger partial charge on any atom is 0.261 e. The fourth-order valence-corrected chi connectivity index (χ4v) is 4.32. The van der Waals surface area contributed by atoms with Crippen LogP contribution < -0.4 is 0 Å². The summed E-state index contributed by atoms with van der Waals surface area (Å²) in [7, 11) is 0. The van der Waals surface area contributed by atoms with E-state index in [1.54, 1.807) is 11.8 Å². The molecule has 2 aliphatic heterocycles. The molecule has 0 aromatic rings. The van der Waals surface area contributed by atoms with Crippen molar-refractivity contribution >= 4 is 28.5 Å². The number of amides is 1. The molecule has 0 aromatic carbocycles. The van der Waals surface area contributed by atoms with Crippen LogP contribution in [0.15, 0.2) is 20.5 Å². The van der Waals surface area contributed by atoms with Crippen molar-refractivity contribution in [3.8, 4) is 0 Å². The summed E-state index contributed by atoms with van der Waals surface area (Å²) >= 11 is 1.60. The van der Waals surface area contributed by atoms with Gasteiger partial charge < -0.3 is 4.74 Å². The summed E-state index contributed by atoms with van der Waals surface area (Å²) in [6.45, 7) is 6.63. The quantitative estimate of drug-likeness (QED) is 0.801. The van der Waals surface area contributed by atoms with Gasteiger partial charge in [0.2, 0.25) is 0 Å². The molecular weight excluding hydrogens is 284 g/mol. The van der Waals surface area contributed by atoms with Gasteiger partial charge in [0.1, 0.15) is 12.5 Å². The standard InChI is InChI=1S/C16H22N2O2S/c1-9-6-4-5-7-12(9)20-8-13-17-15(19)14-10(2)11(3)21-16(14)18-13/h9,12,14H,4-8H2,1-3H3. The van der Waals surface area contributed by atoms with Gasteiger partial charge in [-0.3, -0.25) is 4.79 Å². The highest BCUT2D eigenvalue weighted by molar-refractivity contribution is 8.17. The molecule has 0 bridgehead atoms. The summed E-state index contributed by atoms with van der Waals surface area (Å²) < 4.78 is 5.97. The largest absolute Gasteiger partial charge is 0.370 e. The Morgan fingerprint density at radius 1 is 1.24 bits per heavy atom. The number of nitrogens with zero attached hydrogens (tertiary/aromatic N) is 2. The van der Waals surface area contributed by atoms with Gasteiger partial charge in [-0.15, -0.1) is 0 Å². The van der Waals surface area contributed by atoms with Gasteiger partial charge in [0, 0.05) is 0 Å². The molecule has 0 saturated heterocycles. The number of fused-ring (bicyclic) bond motifs is 1. The number of ether oxygens (including phenoxy) is 1. The van der Waals surface area contributed by atoms with Crippen molar-refractivity contribution < 1.29 is 9.53 Å². The first-order valence-electron chi connectivity index (χ1n) is 7.73. The lowest BCUT2D eigenvalue weighted by atomic mass is 9.88. The Morgan fingerprint density at radius 2 is 2.00 bits per heavy atom. The van der Waals surface area contributed by atoms with Crippen LogP contribution in [0.5, 0.6) is 0 Å². The highest BCUT2D eigenvalue weighted by atomic mass is 32.2. The number of carbonyl (C=O) groups is 1. The van der Waals surface area contributed by atoms with E-state index in [9.17, 15) is 4.79 Å². The molecule has 1 aliphatic carbocycles. The SMILES string of the molecule is CC1=C(C)C2C(=O)N=C(COC3CCCCC3C)N=C2S1. The normalized spacial score (nSPS) is 32.9. The van der Waals surface area contributed by atoms with Gasteiger partial charge in [-0.25, -0.2) is 4.99 Å². The molecule has 3 atom stereocenters. The van der Waals surface area contributed by atoms with Gasteiger partial charge in [-0.2, -0.15) is 4.99 Å². The third-order valence-corrected chi connectivity index (χ3v) is 5.84. The van der Waals surface area contributed by atoms with Crippen LogP contribution in [0.4, 0.5) is 0 Å². The summed E-state index contributed by atoms with van der Waals surface area (Å²) in [5, 5.41) is 0.875. The summed E-state index contributed by atoms with van der Waals surface area (Å²) in [6, 6.07) is 0. The number of allylic oxidation sites excluding steroid dienone is 1. The minimum Gasteiger partial charge on any atom is -0.370 e. The molecule has 3 unspecified atom stereocenters. The van der Waals surface area contributed by atoms with E-state index in [1.165, 1.54) is 24.2 Å². The van der Waals surface area contributed by atoms with Gasteiger partial charge in [0.25, 0.3) is 5.91 Å². The van der Waals surface area contributed by atoms with E-state index < -0.39 is 0 Å². The van der Waals surface area contributed by atoms with Gasteiger partial charge in [0.15, 0.2) is 5.84 Å². The Kier molecular flexibility index (Phi) is 4.31. The van der Waals surface area contributed by atoms with Crippen LogP contribution >= 0.6 is 11.8 Å². The van der Waals surface area contributed by atoms with Crippen molar-refractivity contribution in [2.45, 2.75) is 52.6 Å². The second-order valence-electron chi connectivity index (χ2n) is 6.20. The molecule has 0 spiro atoms. The first-order valence-corrected chi connectivity index (χ1v) is 8.54. The Hall–Kier alpha value is -0.940. The number of amidine groups is 1. The summed E-state index contributed by atoms with van der Waals surface area (Å²) in [5.41, 5.74) is 1.09. The maximum atomic E-state index is 12.2. The highest BCUT2D eigenvalue weighted by Gasteiger charge is 2.36. The predicted octanol–water partition coefficient (Wildman–Crippen LogP) is 3.58. The molecule has 114 valence electrons. The van der Waals surface area contributed by atoms with E-state index in [1.807, 2.05) is 13.8 Å². The average Bonchev–Trinajstić information content (AvgIpc) is 2.73. The summed E-state index contributed by atoms with van der Waals surface area (Å²) in [6.07, 6.45) is 5.15. The lowest BCUT2D eigenvalue weighted by molar-refractivity contribution is -0.118. The molecule has 3 aliphatic rings. The van der Waals surface area contributed by atoms with Crippen LogP contribution in [0.1, 0.15) is 46.5 Å². The Bertz CT molecular complexity index is 550. The van der Waals surface area contributed by atoms with Crippen molar-refractivity contribution in [1.82, 2.24) is 0 Å². The van der Waals surface area contributed by atoms with Crippen LogP contribution in [0.25, 0.3) is 0 Å². The predicted molar refractivity (Wildman–Crippen MR) is 86.7 cm³/mol. The van der Waals surface area contributed by atoms with Gasteiger partial charge in [-0.05, 0) is 43.1 Å². The second kappa shape index (κ2) is 6.05. The third-order valence-electron chi connectivity index (χ3n) is 4.68. The van der Waals surface area contributed by atoms with Gasteiger partial charge in [-0.1, -0.05) is 31.5 Å². The zero-order valence-corrected chi connectivity index (χ0v) is 13.7. The average molecular weight is 306 g/mol. The van der Waals surface area contributed by atoms with Crippen molar-refractivity contribution in [2.24, 2.45) is 21.8 Å². The molecule has 0 N–H and O–H groups in total. The molecule has 3 rings (SSSR count). The molecule has 2 heterocycles. The minimum absolute atomic E-state index is 0.0860. The van der Waals surface area contributed by atoms with E-state index >= 15 is 0 Å². The third kappa shape index (κ3) is 2.99. The molecule has 1 amide bonds. The molecule has 4 nitrogen and oxygen atoms in total. The molecular formula is C16H22N2O2S. The zero-order valence-electron chi connectivity index (χ0n) is 12.9. The van der Waals surface area contributed by atoms with Crippen molar-refractivity contribution in [2.75, 3.05) is 6.61 Å². The smallest absolute Gasteiger partial charge is 0.261 e. The number of aliphatic imine (C=N–C) groups is 2. The number of hydrogen-bond acceptors (Lipinski definition) is 4. The molecule has 1 saturated carbocycles. The van der Waals surface area contributed by atoms with Crippen LogP contribution in [0.2, 0.25) is 0 Å². The van der Waals surface area contributed by atoms with Crippen LogP contribution in [0.3, 0.4) is 0 Å². The molecule has 5 heteroatoms. The Balaban J connectivity index is 1.64. The van der Waals surface area contributed by atoms with Crippen LogP contribution in [-0.2, 0) is 9.53 Å². The molecule has 0 aromatic heterocycles. The number of thioether (sulfide) groups is 1. The van der Waals surface area contributed by atoms with E-state index in [2.05, 4.69) is 16.9 Å². The topological polar surface area (TPSA) is 51.0 Å². The molecule has 1 fully saturated rings. The monoisotopic (exact) mass is 306 g/mol. The first kappa shape index (κ1) is 15.0. The maximum absolute atomic E-state index is 12.2. The van der Waals surface area contributed by atoms with Crippen LogP contribution in [0, 0.1) is 11.8 Å². The molecule has 21 heavy (non-hydrogen) atoms. The first-order chi connectivity index (χ1) is 10.1. The van der Waals surface area contributed by atoms with E-state index in [-0.39, 0.29) is 17.9 Å². The lowest BCUT2D eigenvalue weighted by Gasteiger charge is -2.28. The number of rotatable bonds is 3. The molecule has 0 radical (unpaired) electrons. The van der Waals surface area contributed by atoms with E-state index in [4.69, 9.17) is 4.74 Å². The number of carbonyl (C=O) groups excluding carboxylic acids is 1. The van der Waals surface area contributed by atoms with Gasteiger partial charge >= 0.3 is 0 Å². The number of hydrogen-bond donors (Lipinski definition) is 0. The van der Waals surface area contributed by atoms with Crippen LogP contribution in [-0.4, -0.2) is 29.5 Å². The Morgan fingerprint density at radius 3 is 2.76 bits per heavy atom. The summed E-state index contributed by atoms with van der Waals surface area (Å²) in [5.74, 6) is 0.814. The van der Waals surface area contributed by atoms with Crippen molar-refractivity contribution in [3.05, 3.63) is 10.5 Å². The van der Waals surface area contributed by atoms with E-state index in [0.717, 1.165) is 17.0 Å². The Labute approximate surface area is 130 Å². The zero-order chi connectivity index (χ0) is 15.0. The second-order valence-corrected chi connectivity index (χ2v) is 7.44. The van der Waals surface area contributed by atoms with E-state index in [0.29, 0.717) is 18.4 Å². The van der Waals surface area contributed by atoms with Crippen molar-refractivity contribution in [3.63, 3.8) is 0 Å². The fourth-order valence-electron chi connectivity index (χ4n) is 3.18. The lowest BCUT2D eigenvalue weighted by Crippen LogP contribution is -2.30. The fraction of sp³-hybridized carbons (Fsp3) is 0.688. The van der Waals surface area contributed by atoms with Gasteiger partial charge in [0.05, 0.1) is 11.1 Å². The van der Waals surface area contributed by atoms with Crippen molar-refractivity contribution in [1.29, 1.82) is 0 Å². The minimum atomic E-state index is -0.229. The summed E-state index contributed by atoms with van der Waals surface area (Å²) in [4.78, 5) is 22.0.